The van der Waals surface area contributed by atoms with Crippen molar-refractivity contribution >= 4 is 5.97 Å². The molecule has 0 aliphatic carbocycles. The number of carboxylic acid groups (broad SMARTS) is 1. The van der Waals surface area contributed by atoms with Crippen LogP contribution in [0.2, 0.25) is 0 Å². The molecular weight excluding hydrogens is 456 g/mol. The lowest BCUT2D eigenvalue weighted by molar-refractivity contribution is -0.305. The van der Waals surface area contributed by atoms with E-state index < -0.39 is 85.6 Å². The van der Waals surface area contributed by atoms with E-state index in [9.17, 15) is 50.8 Å². The van der Waals surface area contributed by atoms with Gasteiger partial charge < -0.3 is 55.4 Å². The van der Waals surface area contributed by atoms with Crippen molar-refractivity contribution in [2.24, 2.45) is 5.41 Å². The Balaban J connectivity index is 2.48. The lowest BCUT2D eigenvalue weighted by Gasteiger charge is -2.53. The van der Waals surface area contributed by atoms with Gasteiger partial charge in [0, 0.05) is 0 Å². The maximum atomic E-state index is 12.8. The van der Waals surface area contributed by atoms with Crippen molar-refractivity contribution < 1.29 is 60.2 Å². The largest absolute Gasteiger partial charge is 0.481 e. The first-order valence-electron chi connectivity index (χ1n) is 11.9. The minimum atomic E-state index is -2.27. The first-order valence-corrected chi connectivity index (χ1v) is 11.9. The number of aliphatic carboxylic acids is 1. The molecule has 12 nitrogen and oxygen atoms in total. The van der Waals surface area contributed by atoms with Crippen LogP contribution in [-0.2, 0) is 14.3 Å². The van der Waals surface area contributed by atoms with Gasteiger partial charge in [-0.1, -0.05) is 45.4 Å². The predicted molar refractivity (Wildman–Crippen MR) is 116 cm³/mol. The zero-order chi connectivity index (χ0) is 25.6. The molecule has 0 bridgehead atoms. The third kappa shape index (κ3) is 5.72. The summed E-state index contributed by atoms with van der Waals surface area (Å²) in [6.07, 6.45) is -13.0. The number of rotatable bonds is 12. The summed E-state index contributed by atoms with van der Waals surface area (Å²) in [5, 5.41) is 92.1. The number of unbranched alkanes of at least 4 members (excludes halogenated alkanes) is 5. The lowest BCUT2D eigenvalue weighted by Crippen LogP contribution is -2.72. The summed E-state index contributed by atoms with van der Waals surface area (Å²) in [5.41, 5.74) is -2.27. The third-order valence-electron chi connectivity index (χ3n) is 7.14. The number of carboxylic acids is 1. The summed E-state index contributed by atoms with van der Waals surface area (Å²) in [7, 11) is 0. The van der Waals surface area contributed by atoms with Crippen LogP contribution in [0.25, 0.3) is 0 Å². The third-order valence-corrected chi connectivity index (χ3v) is 7.14. The predicted octanol–water partition coefficient (Wildman–Crippen LogP) is -2.51. The van der Waals surface area contributed by atoms with Gasteiger partial charge in [-0.3, -0.25) is 4.79 Å². The normalized spacial score (nSPS) is 40.6. The fourth-order valence-corrected chi connectivity index (χ4v) is 5.05. The van der Waals surface area contributed by atoms with Crippen LogP contribution in [0.4, 0.5) is 0 Å². The van der Waals surface area contributed by atoms with E-state index in [2.05, 4.69) is 0 Å². The van der Waals surface area contributed by atoms with Gasteiger partial charge in [0.05, 0.1) is 13.2 Å². The second-order valence-electron chi connectivity index (χ2n) is 9.36. The van der Waals surface area contributed by atoms with Gasteiger partial charge in [0.25, 0.3) is 0 Å². The van der Waals surface area contributed by atoms with E-state index in [0.717, 1.165) is 25.7 Å². The Kier molecular flexibility index (Phi) is 11.1. The van der Waals surface area contributed by atoms with E-state index in [1.807, 2.05) is 6.92 Å². The quantitative estimate of drug-likeness (QED) is 0.128. The summed E-state index contributed by atoms with van der Waals surface area (Å²) in [6.45, 7) is 0.472. The highest BCUT2D eigenvalue weighted by Gasteiger charge is 2.64. The molecule has 0 saturated carbocycles. The van der Waals surface area contributed by atoms with E-state index in [-0.39, 0.29) is 6.42 Å². The lowest BCUT2D eigenvalue weighted by atomic mass is 9.65. The molecule has 2 unspecified atom stereocenters. The Morgan fingerprint density at radius 1 is 0.676 bits per heavy atom. The highest BCUT2D eigenvalue weighted by molar-refractivity contribution is 5.77. The minimum absolute atomic E-state index is 0.222. The highest BCUT2D eigenvalue weighted by atomic mass is 16.6. The molecule has 2 saturated heterocycles. The maximum Gasteiger partial charge on any atom is 0.315 e. The van der Waals surface area contributed by atoms with Crippen LogP contribution in [0.3, 0.4) is 0 Å². The Bertz CT molecular complexity index is 593. The summed E-state index contributed by atoms with van der Waals surface area (Å²) in [4.78, 5) is 12.8. The smallest absolute Gasteiger partial charge is 0.315 e. The van der Waals surface area contributed by atoms with Gasteiger partial charge in [-0.25, -0.2) is 0 Å². The molecule has 2 aliphatic rings. The van der Waals surface area contributed by atoms with Crippen molar-refractivity contribution in [3.8, 4) is 0 Å². The maximum absolute atomic E-state index is 12.8. The number of aliphatic hydroxyl groups excluding tert-OH is 8. The van der Waals surface area contributed by atoms with Gasteiger partial charge in [-0.05, 0) is 6.42 Å². The average Bonchev–Trinajstić information content (AvgIpc) is 2.82. The molecule has 34 heavy (non-hydrogen) atoms. The molecule has 9 N–H and O–H groups in total. The van der Waals surface area contributed by atoms with Gasteiger partial charge >= 0.3 is 5.97 Å². The molecule has 12 heteroatoms. The van der Waals surface area contributed by atoms with Crippen molar-refractivity contribution in [2.75, 3.05) is 13.2 Å². The monoisotopic (exact) mass is 496 g/mol. The molecule has 0 amide bonds. The molecule has 2 rings (SSSR count). The first kappa shape index (κ1) is 29.3. The van der Waals surface area contributed by atoms with Crippen LogP contribution in [0, 0.1) is 5.41 Å². The van der Waals surface area contributed by atoms with Crippen molar-refractivity contribution in [1.29, 1.82) is 0 Å². The minimum Gasteiger partial charge on any atom is -0.481 e. The number of hydrogen-bond acceptors (Lipinski definition) is 11. The zero-order valence-electron chi connectivity index (χ0n) is 19.4. The Morgan fingerprint density at radius 3 is 1.47 bits per heavy atom. The standard InChI is InChI=1S/C22H40O12/c1-2-3-4-5-6-7-8-22(21(31)32,19-17(29)15(27)13(25)11(9-23)33-19)20-18(30)16(28)14(26)12(10-24)34-20/h11-20,23-30H,2-10H2,1H3,(H,31,32)/t11-,12-,13-,14-,15+,16+,17-,18-,19?,20?,22?/m1/s1. The summed E-state index contributed by atoms with van der Waals surface area (Å²) >= 11 is 0. The average molecular weight is 497 g/mol. The van der Waals surface area contributed by atoms with E-state index >= 15 is 0 Å². The fourth-order valence-electron chi connectivity index (χ4n) is 5.05. The Labute approximate surface area is 198 Å². The van der Waals surface area contributed by atoms with Crippen molar-refractivity contribution in [3.63, 3.8) is 0 Å². The zero-order valence-corrected chi connectivity index (χ0v) is 19.4. The Hall–Kier alpha value is -0.930. The van der Waals surface area contributed by atoms with Crippen LogP contribution >= 0.6 is 0 Å². The second kappa shape index (κ2) is 12.9. The molecule has 10 atom stereocenters. The van der Waals surface area contributed by atoms with Gasteiger partial charge in [0.15, 0.2) is 0 Å². The summed E-state index contributed by atoms with van der Waals surface area (Å²) in [6, 6.07) is 0. The van der Waals surface area contributed by atoms with Crippen molar-refractivity contribution in [3.05, 3.63) is 0 Å². The number of hydrogen-bond donors (Lipinski definition) is 9. The molecular formula is C22H40O12. The molecule has 0 spiro atoms. The summed E-state index contributed by atoms with van der Waals surface area (Å²) < 4.78 is 11.2. The fraction of sp³-hybridized carbons (Fsp3) is 0.955. The van der Waals surface area contributed by atoms with Crippen LogP contribution in [0.15, 0.2) is 0 Å². The van der Waals surface area contributed by atoms with Gasteiger partial charge in [0.1, 0.15) is 66.5 Å². The van der Waals surface area contributed by atoms with Gasteiger partial charge in [-0.15, -0.1) is 0 Å². The molecule has 2 aliphatic heterocycles. The molecule has 0 aromatic carbocycles. The SMILES string of the molecule is CCCCCCCCC(C(=O)O)(C1O[C@H](CO)[C@@H](O)[C@H](O)[C@H]1O)C1O[C@H](CO)[C@@H](O)[C@H](O)[C@H]1O. The molecule has 2 heterocycles. The van der Waals surface area contributed by atoms with Gasteiger partial charge in [-0.2, -0.15) is 0 Å². The number of ether oxygens (including phenoxy) is 2. The van der Waals surface area contributed by atoms with E-state index in [4.69, 9.17) is 9.47 Å². The Morgan fingerprint density at radius 2 is 1.09 bits per heavy atom. The highest BCUT2D eigenvalue weighted by Crippen LogP contribution is 2.46. The molecule has 0 aromatic heterocycles. The number of carbonyl (C=O) groups is 1. The van der Waals surface area contributed by atoms with Crippen LogP contribution < -0.4 is 0 Å². The topological polar surface area (TPSA) is 218 Å². The first-order chi connectivity index (χ1) is 16.1. The van der Waals surface area contributed by atoms with Crippen molar-refractivity contribution in [2.45, 2.75) is 113 Å². The van der Waals surface area contributed by atoms with Gasteiger partial charge in [0.2, 0.25) is 0 Å². The van der Waals surface area contributed by atoms with Crippen LogP contribution in [-0.4, -0.2) is 126 Å². The van der Waals surface area contributed by atoms with E-state index in [0.29, 0.717) is 12.8 Å². The molecule has 0 aromatic rings. The summed E-state index contributed by atoms with van der Waals surface area (Å²) in [5.74, 6) is -1.57. The number of aliphatic hydroxyl groups is 8. The molecule has 0 radical (unpaired) electrons. The van der Waals surface area contributed by atoms with Crippen molar-refractivity contribution in [1.82, 2.24) is 0 Å². The van der Waals surface area contributed by atoms with E-state index in [1.54, 1.807) is 0 Å². The van der Waals surface area contributed by atoms with E-state index in [1.165, 1.54) is 0 Å². The molecule has 2 fully saturated rings. The van der Waals surface area contributed by atoms with Crippen LogP contribution in [0.5, 0.6) is 0 Å². The second-order valence-corrected chi connectivity index (χ2v) is 9.36. The van der Waals surface area contributed by atoms with Crippen LogP contribution in [0.1, 0.15) is 51.9 Å². The molecule has 200 valence electrons.